The predicted molar refractivity (Wildman–Crippen MR) is 123 cm³/mol. The average Bonchev–Trinajstić information content (AvgIpc) is 3.17. The van der Waals surface area contributed by atoms with Crippen molar-refractivity contribution in [3.8, 4) is 0 Å². The number of ether oxygens (including phenoxy) is 2. The lowest BCUT2D eigenvalue weighted by atomic mass is 9.95. The van der Waals surface area contributed by atoms with Crippen LogP contribution in [0.1, 0.15) is 58.0 Å². The van der Waals surface area contributed by atoms with E-state index >= 15 is 0 Å². The zero-order valence-electron chi connectivity index (χ0n) is 18.3. The standard InChI is InChI=1S/C24H23NO7S/c1-3-30-24(29)20-15-9-5-7-11-19(15)33-22(20)25-21(27)13(2)31-23(28)18-12-16(26)14-8-4-6-10-17(14)32-18/h4,6,8,10,12-13H,3,5,7,9,11H2,1-2H3,(H,25,27)/t13-/m0/s1. The highest BCUT2D eigenvalue weighted by Crippen LogP contribution is 2.38. The molecular formula is C24H23NO7S. The van der Waals surface area contributed by atoms with Gasteiger partial charge in [-0.25, -0.2) is 9.59 Å². The molecule has 0 unspecified atom stereocenters. The minimum atomic E-state index is -1.19. The molecule has 2 aromatic heterocycles. The molecule has 1 aromatic carbocycles. The highest BCUT2D eigenvalue weighted by Gasteiger charge is 2.29. The maximum atomic E-state index is 12.8. The molecule has 1 atom stereocenters. The van der Waals surface area contributed by atoms with Crippen molar-refractivity contribution in [1.82, 2.24) is 0 Å². The summed E-state index contributed by atoms with van der Waals surface area (Å²) in [5.41, 5.74) is 1.16. The van der Waals surface area contributed by atoms with Crippen LogP contribution < -0.4 is 10.7 Å². The number of hydrogen-bond donors (Lipinski definition) is 1. The van der Waals surface area contributed by atoms with E-state index in [1.807, 2.05) is 0 Å². The van der Waals surface area contributed by atoms with Gasteiger partial charge < -0.3 is 19.2 Å². The van der Waals surface area contributed by atoms with Crippen molar-refractivity contribution in [3.05, 3.63) is 62.3 Å². The number of hydrogen-bond acceptors (Lipinski definition) is 8. The van der Waals surface area contributed by atoms with Gasteiger partial charge in [-0.3, -0.25) is 9.59 Å². The maximum absolute atomic E-state index is 12.8. The molecule has 0 saturated heterocycles. The monoisotopic (exact) mass is 469 g/mol. The van der Waals surface area contributed by atoms with Crippen LogP contribution in [0.25, 0.3) is 11.0 Å². The Balaban J connectivity index is 1.51. The summed E-state index contributed by atoms with van der Waals surface area (Å²) < 4.78 is 15.9. The van der Waals surface area contributed by atoms with Gasteiger partial charge in [0.1, 0.15) is 10.6 Å². The molecule has 8 nitrogen and oxygen atoms in total. The second-order valence-electron chi connectivity index (χ2n) is 7.64. The van der Waals surface area contributed by atoms with Crippen LogP contribution in [0.3, 0.4) is 0 Å². The third-order valence-corrected chi connectivity index (χ3v) is 6.58. The highest BCUT2D eigenvalue weighted by molar-refractivity contribution is 7.17. The van der Waals surface area contributed by atoms with Crippen molar-refractivity contribution in [1.29, 1.82) is 0 Å². The summed E-state index contributed by atoms with van der Waals surface area (Å²) in [6, 6.07) is 7.57. The van der Waals surface area contributed by atoms with Gasteiger partial charge in [-0.15, -0.1) is 11.3 Å². The minimum absolute atomic E-state index is 0.224. The normalized spacial score (nSPS) is 13.8. The van der Waals surface area contributed by atoms with E-state index in [0.717, 1.165) is 42.2 Å². The van der Waals surface area contributed by atoms with Crippen LogP contribution in [0, 0.1) is 0 Å². The summed E-state index contributed by atoms with van der Waals surface area (Å²) in [6.45, 7) is 3.35. The number of carbonyl (C=O) groups excluding carboxylic acids is 3. The quantitative estimate of drug-likeness (QED) is 0.541. The Bertz CT molecular complexity index is 1290. The number of fused-ring (bicyclic) bond motifs is 2. The summed E-state index contributed by atoms with van der Waals surface area (Å²) in [5, 5.41) is 3.45. The molecular weight excluding hydrogens is 446 g/mol. The number of carbonyl (C=O) groups is 3. The second kappa shape index (κ2) is 9.58. The van der Waals surface area contributed by atoms with Gasteiger partial charge in [-0.2, -0.15) is 0 Å². The largest absolute Gasteiger partial charge is 0.462 e. The molecule has 0 saturated carbocycles. The van der Waals surface area contributed by atoms with Gasteiger partial charge in [0.15, 0.2) is 11.5 Å². The summed E-state index contributed by atoms with van der Waals surface area (Å²) in [7, 11) is 0. The van der Waals surface area contributed by atoms with Crippen LogP contribution in [0.15, 0.2) is 39.5 Å². The van der Waals surface area contributed by atoms with Crippen LogP contribution >= 0.6 is 11.3 Å². The number of nitrogens with one attached hydrogen (secondary N) is 1. The lowest BCUT2D eigenvalue weighted by Crippen LogP contribution is -2.30. The molecule has 1 N–H and O–H groups in total. The summed E-state index contributed by atoms with van der Waals surface area (Å²) in [5.74, 6) is -2.31. The lowest BCUT2D eigenvalue weighted by molar-refractivity contribution is -0.123. The molecule has 1 aliphatic carbocycles. The van der Waals surface area contributed by atoms with Gasteiger partial charge in [0, 0.05) is 10.9 Å². The SMILES string of the molecule is CCOC(=O)c1c(NC(=O)[C@H](C)OC(=O)c2cc(=O)c3ccccc3o2)sc2c1CCCC2. The zero-order valence-corrected chi connectivity index (χ0v) is 19.1. The van der Waals surface area contributed by atoms with E-state index in [4.69, 9.17) is 13.9 Å². The Morgan fingerprint density at radius 2 is 1.91 bits per heavy atom. The highest BCUT2D eigenvalue weighted by atomic mass is 32.1. The van der Waals surface area contributed by atoms with Crippen molar-refractivity contribution >= 4 is 45.2 Å². The van der Waals surface area contributed by atoms with Crippen LogP contribution in [0.4, 0.5) is 5.00 Å². The third-order valence-electron chi connectivity index (χ3n) is 5.38. The molecule has 2 heterocycles. The molecule has 0 bridgehead atoms. The minimum Gasteiger partial charge on any atom is -0.462 e. The summed E-state index contributed by atoms with van der Waals surface area (Å²) in [4.78, 5) is 51.1. The Kier molecular flexibility index (Phi) is 6.60. The number of benzene rings is 1. The summed E-state index contributed by atoms with van der Waals surface area (Å²) in [6.07, 6.45) is 2.39. The van der Waals surface area contributed by atoms with Crippen LogP contribution in [-0.4, -0.2) is 30.6 Å². The Labute approximate surface area is 193 Å². The molecule has 0 radical (unpaired) electrons. The third kappa shape index (κ3) is 4.68. The van der Waals surface area contributed by atoms with E-state index in [0.29, 0.717) is 16.0 Å². The first kappa shape index (κ1) is 22.7. The molecule has 1 aliphatic rings. The lowest BCUT2D eigenvalue weighted by Gasteiger charge is -2.14. The second-order valence-corrected chi connectivity index (χ2v) is 8.75. The average molecular weight is 470 g/mol. The molecule has 0 aliphatic heterocycles. The molecule has 3 aromatic rings. The Morgan fingerprint density at radius 3 is 2.70 bits per heavy atom. The maximum Gasteiger partial charge on any atom is 0.375 e. The molecule has 4 rings (SSSR count). The van der Waals surface area contributed by atoms with Crippen molar-refractivity contribution < 1.29 is 28.3 Å². The van der Waals surface area contributed by atoms with E-state index in [9.17, 15) is 19.2 Å². The van der Waals surface area contributed by atoms with E-state index in [2.05, 4.69) is 5.32 Å². The smallest absolute Gasteiger partial charge is 0.375 e. The Morgan fingerprint density at radius 1 is 1.15 bits per heavy atom. The first-order valence-corrected chi connectivity index (χ1v) is 11.6. The fourth-order valence-electron chi connectivity index (χ4n) is 3.76. The van der Waals surface area contributed by atoms with E-state index in [1.54, 1.807) is 31.2 Å². The van der Waals surface area contributed by atoms with Gasteiger partial charge >= 0.3 is 11.9 Å². The van der Waals surface area contributed by atoms with Gasteiger partial charge in [0.05, 0.1) is 17.6 Å². The first-order chi connectivity index (χ1) is 15.9. The Hall–Kier alpha value is -3.46. The molecule has 0 spiro atoms. The molecule has 9 heteroatoms. The van der Waals surface area contributed by atoms with Crippen molar-refractivity contribution in [2.24, 2.45) is 0 Å². The number of esters is 2. The molecule has 172 valence electrons. The van der Waals surface area contributed by atoms with Crippen molar-refractivity contribution in [2.45, 2.75) is 45.6 Å². The molecule has 33 heavy (non-hydrogen) atoms. The number of para-hydroxylation sites is 1. The van der Waals surface area contributed by atoms with Crippen molar-refractivity contribution in [2.75, 3.05) is 11.9 Å². The number of aryl methyl sites for hydroxylation is 1. The van der Waals surface area contributed by atoms with Crippen molar-refractivity contribution in [3.63, 3.8) is 0 Å². The van der Waals surface area contributed by atoms with E-state index < -0.39 is 23.9 Å². The van der Waals surface area contributed by atoms with Gasteiger partial charge in [-0.1, -0.05) is 12.1 Å². The zero-order chi connectivity index (χ0) is 23.5. The predicted octanol–water partition coefficient (Wildman–Crippen LogP) is 4.09. The van der Waals surface area contributed by atoms with E-state index in [-0.39, 0.29) is 23.4 Å². The van der Waals surface area contributed by atoms with Crippen LogP contribution in [0.2, 0.25) is 0 Å². The number of rotatable bonds is 6. The molecule has 1 amide bonds. The van der Waals surface area contributed by atoms with Gasteiger partial charge in [0.2, 0.25) is 5.76 Å². The summed E-state index contributed by atoms with van der Waals surface area (Å²) >= 11 is 1.35. The van der Waals surface area contributed by atoms with E-state index in [1.165, 1.54) is 18.3 Å². The number of thiophene rings is 1. The van der Waals surface area contributed by atoms with Gasteiger partial charge in [-0.05, 0) is 57.2 Å². The van der Waals surface area contributed by atoms with Crippen LogP contribution in [0.5, 0.6) is 0 Å². The topological polar surface area (TPSA) is 112 Å². The first-order valence-electron chi connectivity index (χ1n) is 10.8. The fourth-order valence-corrected chi connectivity index (χ4v) is 5.04. The van der Waals surface area contributed by atoms with Gasteiger partial charge in [0.25, 0.3) is 5.91 Å². The van der Waals surface area contributed by atoms with Crippen LogP contribution in [-0.2, 0) is 27.1 Å². The fraction of sp³-hybridized carbons (Fsp3) is 0.333. The number of amides is 1. The number of anilines is 1. The molecule has 0 fully saturated rings.